The molecular formula is C22H21F6N7O. The van der Waals surface area contributed by atoms with E-state index in [0.717, 1.165) is 9.70 Å². The number of amides is 1. The predicted molar refractivity (Wildman–Crippen MR) is 115 cm³/mol. The Bertz CT molecular complexity index is 1230. The zero-order valence-electron chi connectivity index (χ0n) is 19.1. The van der Waals surface area contributed by atoms with Crippen LogP contribution in [0.25, 0.3) is 11.3 Å². The molecule has 1 saturated heterocycles. The number of rotatable bonds is 5. The molecule has 1 aliphatic heterocycles. The predicted octanol–water partition coefficient (Wildman–Crippen LogP) is 4.03. The van der Waals surface area contributed by atoms with Gasteiger partial charge in [0.2, 0.25) is 5.95 Å². The van der Waals surface area contributed by atoms with Crippen molar-refractivity contribution in [1.29, 1.82) is 0 Å². The average Bonchev–Trinajstić information content (AvgIpc) is 3.19. The van der Waals surface area contributed by atoms with E-state index in [0.29, 0.717) is 18.0 Å². The topological polar surface area (TPSA) is 88.8 Å². The molecule has 1 amide bonds. The number of carbonyl (C=O) groups is 1. The minimum absolute atomic E-state index is 0.0967. The van der Waals surface area contributed by atoms with Crippen molar-refractivity contribution in [2.75, 3.05) is 18.4 Å². The van der Waals surface area contributed by atoms with Crippen molar-refractivity contribution < 1.29 is 31.1 Å². The molecule has 0 radical (unpaired) electrons. The number of halogens is 6. The molecule has 3 heterocycles. The number of aryl methyl sites for hydroxylation is 1. The van der Waals surface area contributed by atoms with Crippen molar-refractivity contribution in [3.63, 3.8) is 0 Å². The van der Waals surface area contributed by atoms with Gasteiger partial charge in [0.1, 0.15) is 11.5 Å². The molecular weight excluding hydrogens is 492 g/mol. The summed E-state index contributed by atoms with van der Waals surface area (Å²) in [5.41, 5.74) is -0.754. The highest BCUT2D eigenvalue weighted by Gasteiger charge is 2.47. The zero-order chi connectivity index (χ0) is 26.3. The number of piperidine rings is 1. The fraction of sp³-hybridized carbons (Fsp3) is 0.409. The van der Waals surface area contributed by atoms with Gasteiger partial charge in [-0.2, -0.15) is 23.1 Å². The standard InChI is InChI=1S/C22H21F6N7O/c1-12-7-21(24,25)11-35(16(12)10-31-20-29-8-14(9-30-20)22(26,27)28)19(36)18-17(32-34(2)33-18)13-3-5-15(23)6-4-13/h3-6,8-9,12,16H,7,10-11H2,1-2H3,(H,29,30,31)/t12-,16-/m1/s1. The van der Waals surface area contributed by atoms with E-state index in [1.807, 2.05) is 0 Å². The van der Waals surface area contributed by atoms with E-state index in [1.165, 1.54) is 31.3 Å². The van der Waals surface area contributed by atoms with Crippen LogP contribution in [-0.2, 0) is 13.2 Å². The summed E-state index contributed by atoms with van der Waals surface area (Å²) in [5, 5.41) is 10.9. The van der Waals surface area contributed by atoms with Crippen LogP contribution in [0.3, 0.4) is 0 Å². The second-order valence-electron chi connectivity index (χ2n) is 8.61. The van der Waals surface area contributed by atoms with Crippen LogP contribution < -0.4 is 5.32 Å². The van der Waals surface area contributed by atoms with Crippen LogP contribution in [0.15, 0.2) is 36.7 Å². The maximum absolute atomic E-state index is 14.5. The highest BCUT2D eigenvalue weighted by molar-refractivity contribution is 5.98. The van der Waals surface area contributed by atoms with E-state index in [-0.39, 0.29) is 23.9 Å². The fourth-order valence-corrected chi connectivity index (χ4v) is 4.13. The lowest BCUT2D eigenvalue weighted by Gasteiger charge is -2.43. The van der Waals surface area contributed by atoms with Gasteiger partial charge in [-0.1, -0.05) is 6.92 Å². The fourth-order valence-electron chi connectivity index (χ4n) is 4.13. The van der Waals surface area contributed by atoms with Gasteiger partial charge in [-0.15, -0.1) is 5.10 Å². The summed E-state index contributed by atoms with van der Waals surface area (Å²) < 4.78 is 80.7. The van der Waals surface area contributed by atoms with Crippen molar-refractivity contribution in [2.45, 2.75) is 31.5 Å². The summed E-state index contributed by atoms with van der Waals surface area (Å²) >= 11 is 0. The van der Waals surface area contributed by atoms with E-state index in [2.05, 4.69) is 25.5 Å². The van der Waals surface area contributed by atoms with E-state index in [4.69, 9.17) is 0 Å². The number of hydrogen-bond donors (Lipinski definition) is 1. The van der Waals surface area contributed by atoms with Gasteiger partial charge >= 0.3 is 6.18 Å². The van der Waals surface area contributed by atoms with E-state index in [1.54, 1.807) is 6.92 Å². The van der Waals surface area contributed by atoms with Crippen LogP contribution in [0.5, 0.6) is 0 Å². The average molecular weight is 513 g/mol. The Morgan fingerprint density at radius 1 is 1.14 bits per heavy atom. The van der Waals surface area contributed by atoms with Crippen LogP contribution in [0, 0.1) is 11.7 Å². The number of nitrogens with one attached hydrogen (secondary N) is 1. The molecule has 36 heavy (non-hydrogen) atoms. The monoisotopic (exact) mass is 513 g/mol. The number of benzene rings is 1. The molecule has 4 rings (SSSR count). The number of likely N-dealkylation sites (tertiary alicyclic amines) is 1. The molecule has 8 nitrogen and oxygen atoms in total. The number of hydrogen-bond acceptors (Lipinski definition) is 6. The van der Waals surface area contributed by atoms with Crippen LogP contribution in [0.1, 0.15) is 29.4 Å². The minimum Gasteiger partial charge on any atom is -0.352 e. The van der Waals surface area contributed by atoms with Crippen molar-refractivity contribution in [2.24, 2.45) is 13.0 Å². The first-order chi connectivity index (χ1) is 16.8. The molecule has 1 aromatic carbocycles. The minimum atomic E-state index is -4.61. The number of carbonyl (C=O) groups excluding carboxylic acids is 1. The van der Waals surface area contributed by atoms with Crippen molar-refractivity contribution in [3.8, 4) is 11.3 Å². The van der Waals surface area contributed by atoms with Gasteiger partial charge in [-0.05, 0) is 30.2 Å². The number of anilines is 1. The molecule has 2 aromatic heterocycles. The largest absolute Gasteiger partial charge is 0.419 e. The van der Waals surface area contributed by atoms with Gasteiger partial charge in [0, 0.05) is 38.0 Å². The van der Waals surface area contributed by atoms with Gasteiger partial charge < -0.3 is 10.2 Å². The number of alkyl halides is 5. The van der Waals surface area contributed by atoms with Gasteiger partial charge in [0.15, 0.2) is 5.69 Å². The van der Waals surface area contributed by atoms with E-state index < -0.39 is 54.3 Å². The van der Waals surface area contributed by atoms with E-state index >= 15 is 0 Å². The Labute approximate surface area is 201 Å². The van der Waals surface area contributed by atoms with Crippen LogP contribution in [0.2, 0.25) is 0 Å². The van der Waals surface area contributed by atoms with Gasteiger partial charge in [0.25, 0.3) is 11.8 Å². The highest BCUT2D eigenvalue weighted by atomic mass is 19.4. The van der Waals surface area contributed by atoms with Gasteiger partial charge in [-0.3, -0.25) is 4.79 Å². The van der Waals surface area contributed by atoms with Crippen molar-refractivity contribution in [1.82, 2.24) is 29.9 Å². The van der Waals surface area contributed by atoms with Crippen molar-refractivity contribution in [3.05, 3.63) is 53.7 Å². The summed E-state index contributed by atoms with van der Waals surface area (Å²) in [7, 11) is 1.46. The molecule has 192 valence electrons. The Kier molecular flexibility index (Phi) is 6.62. The van der Waals surface area contributed by atoms with Crippen LogP contribution in [-0.4, -0.2) is 60.8 Å². The molecule has 0 spiro atoms. The third-order valence-corrected chi connectivity index (χ3v) is 5.82. The van der Waals surface area contributed by atoms with E-state index in [9.17, 15) is 31.1 Å². The lowest BCUT2D eigenvalue weighted by molar-refractivity contribution is -0.138. The third-order valence-electron chi connectivity index (χ3n) is 5.82. The van der Waals surface area contributed by atoms with Gasteiger partial charge in [0.05, 0.1) is 18.2 Å². The van der Waals surface area contributed by atoms with Gasteiger partial charge in [-0.25, -0.2) is 23.1 Å². The Hall–Kier alpha value is -3.71. The molecule has 1 aliphatic rings. The van der Waals surface area contributed by atoms with Crippen LogP contribution >= 0.6 is 0 Å². The molecule has 1 fully saturated rings. The molecule has 0 unspecified atom stereocenters. The molecule has 2 atom stereocenters. The SMILES string of the molecule is C[C@@H]1CC(F)(F)CN(C(=O)c2nn(C)nc2-c2ccc(F)cc2)[C@@H]1CNc1ncc(C(F)(F)F)cn1. The molecule has 0 bridgehead atoms. The Morgan fingerprint density at radius 3 is 2.39 bits per heavy atom. The number of nitrogens with zero attached hydrogens (tertiary/aromatic N) is 6. The maximum Gasteiger partial charge on any atom is 0.419 e. The Balaban J connectivity index is 1.60. The summed E-state index contributed by atoms with van der Waals surface area (Å²) in [6.07, 6.45) is -3.90. The summed E-state index contributed by atoms with van der Waals surface area (Å²) in [6.45, 7) is 0.557. The second kappa shape index (κ2) is 9.39. The highest BCUT2D eigenvalue weighted by Crippen LogP contribution is 2.36. The third kappa shape index (κ3) is 5.41. The Morgan fingerprint density at radius 2 is 1.78 bits per heavy atom. The summed E-state index contributed by atoms with van der Waals surface area (Å²) in [6, 6.07) is 4.35. The molecule has 0 aliphatic carbocycles. The second-order valence-corrected chi connectivity index (χ2v) is 8.61. The summed E-state index contributed by atoms with van der Waals surface area (Å²) in [5.74, 6) is -5.32. The molecule has 3 aromatic rings. The lowest BCUT2D eigenvalue weighted by atomic mass is 9.88. The molecule has 1 N–H and O–H groups in total. The summed E-state index contributed by atoms with van der Waals surface area (Å²) in [4.78, 5) is 22.8. The normalized spacial score (nSPS) is 19.8. The smallest absolute Gasteiger partial charge is 0.352 e. The first-order valence-corrected chi connectivity index (χ1v) is 10.8. The first-order valence-electron chi connectivity index (χ1n) is 10.8. The van der Waals surface area contributed by atoms with Crippen LogP contribution in [0.4, 0.5) is 32.3 Å². The zero-order valence-corrected chi connectivity index (χ0v) is 19.1. The molecule has 0 saturated carbocycles. The first kappa shape index (κ1) is 25.4. The maximum atomic E-state index is 14.5. The van der Waals surface area contributed by atoms with Crippen molar-refractivity contribution >= 4 is 11.9 Å². The lowest BCUT2D eigenvalue weighted by Crippen LogP contribution is -2.57. The molecule has 14 heteroatoms. The number of aromatic nitrogens is 5. The quantitative estimate of drug-likeness (QED) is 0.519.